The molecule has 0 radical (unpaired) electrons. The van der Waals surface area contributed by atoms with Crippen molar-refractivity contribution >= 4 is 40.0 Å². The molecule has 2 aromatic carbocycles. The van der Waals surface area contributed by atoms with Crippen LogP contribution in [0.25, 0.3) is 22.4 Å². The molecule has 122 valence electrons. The Hall–Kier alpha value is -2.84. The SMILES string of the molecule is O=c1oc2c(Cl)cc(Cl)cc2nc1-c1cc(O)c(O)c([N+](=O)[O-])c1. The number of aromatic hydroxyl groups is 2. The minimum absolute atomic E-state index is 0.00677. The Morgan fingerprint density at radius 1 is 1.17 bits per heavy atom. The van der Waals surface area contributed by atoms with Crippen molar-refractivity contribution in [2.24, 2.45) is 0 Å². The maximum absolute atomic E-state index is 12.1. The van der Waals surface area contributed by atoms with Crippen molar-refractivity contribution < 1.29 is 19.6 Å². The van der Waals surface area contributed by atoms with E-state index >= 15 is 0 Å². The van der Waals surface area contributed by atoms with Gasteiger partial charge in [-0.25, -0.2) is 9.78 Å². The molecule has 0 saturated heterocycles. The Kier molecular flexibility index (Phi) is 3.78. The van der Waals surface area contributed by atoms with Crippen LogP contribution >= 0.6 is 23.2 Å². The van der Waals surface area contributed by atoms with E-state index in [9.17, 15) is 25.1 Å². The monoisotopic (exact) mass is 368 g/mol. The molecule has 2 N–H and O–H groups in total. The smallest absolute Gasteiger partial charge is 0.363 e. The molecule has 3 aromatic rings. The number of nitrogens with zero attached hydrogens (tertiary/aromatic N) is 2. The van der Waals surface area contributed by atoms with Gasteiger partial charge in [0.15, 0.2) is 17.0 Å². The zero-order chi connectivity index (χ0) is 17.6. The molecule has 0 atom stereocenters. The number of benzene rings is 2. The molecular weight excluding hydrogens is 363 g/mol. The summed E-state index contributed by atoms with van der Waals surface area (Å²) in [5, 5.41) is 30.4. The van der Waals surface area contributed by atoms with Crippen LogP contribution in [-0.2, 0) is 0 Å². The lowest BCUT2D eigenvalue weighted by Crippen LogP contribution is -2.06. The second kappa shape index (κ2) is 5.66. The number of phenols is 2. The molecule has 3 rings (SSSR count). The van der Waals surface area contributed by atoms with E-state index in [0.717, 1.165) is 12.1 Å². The van der Waals surface area contributed by atoms with Gasteiger partial charge in [-0.05, 0) is 18.2 Å². The minimum Gasteiger partial charge on any atom is -0.504 e. The predicted molar refractivity (Wildman–Crippen MR) is 85.7 cm³/mol. The van der Waals surface area contributed by atoms with E-state index in [4.69, 9.17) is 27.6 Å². The van der Waals surface area contributed by atoms with E-state index in [0.29, 0.717) is 0 Å². The summed E-state index contributed by atoms with van der Waals surface area (Å²) in [6.07, 6.45) is 0. The first-order valence-electron chi connectivity index (χ1n) is 6.28. The van der Waals surface area contributed by atoms with Crippen LogP contribution in [0.15, 0.2) is 33.5 Å². The number of halogens is 2. The summed E-state index contributed by atoms with van der Waals surface area (Å²) >= 11 is 11.8. The Morgan fingerprint density at radius 3 is 2.54 bits per heavy atom. The van der Waals surface area contributed by atoms with Gasteiger partial charge in [0, 0.05) is 16.7 Å². The van der Waals surface area contributed by atoms with E-state index in [-0.39, 0.29) is 32.4 Å². The van der Waals surface area contributed by atoms with Crippen molar-refractivity contribution in [1.82, 2.24) is 4.98 Å². The van der Waals surface area contributed by atoms with E-state index in [1.807, 2.05) is 0 Å². The van der Waals surface area contributed by atoms with Crippen molar-refractivity contribution in [2.45, 2.75) is 0 Å². The fourth-order valence-corrected chi connectivity index (χ4v) is 2.62. The van der Waals surface area contributed by atoms with Gasteiger partial charge < -0.3 is 14.6 Å². The zero-order valence-corrected chi connectivity index (χ0v) is 13.0. The van der Waals surface area contributed by atoms with Gasteiger partial charge in [-0.3, -0.25) is 10.1 Å². The summed E-state index contributed by atoms with van der Waals surface area (Å²) in [6, 6.07) is 4.61. The van der Waals surface area contributed by atoms with E-state index in [2.05, 4.69) is 4.98 Å². The fraction of sp³-hybridized carbons (Fsp3) is 0. The number of rotatable bonds is 2. The van der Waals surface area contributed by atoms with Gasteiger partial charge in [0.25, 0.3) is 0 Å². The number of phenolic OH excluding ortho intramolecular Hbond substituents is 2. The third-order valence-electron chi connectivity index (χ3n) is 3.15. The molecule has 0 unspecified atom stereocenters. The number of hydrogen-bond acceptors (Lipinski definition) is 7. The van der Waals surface area contributed by atoms with Crippen molar-refractivity contribution in [3.05, 3.63) is 54.8 Å². The van der Waals surface area contributed by atoms with E-state index in [1.54, 1.807) is 0 Å². The summed E-state index contributed by atoms with van der Waals surface area (Å²) < 4.78 is 5.08. The Balaban J connectivity index is 2.32. The average molecular weight is 369 g/mol. The molecule has 24 heavy (non-hydrogen) atoms. The van der Waals surface area contributed by atoms with Gasteiger partial charge in [-0.2, -0.15) is 0 Å². The molecule has 0 bridgehead atoms. The van der Waals surface area contributed by atoms with Crippen LogP contribution in [0.2, 0.25) is 10.0 Å². The maximum Gasteiger partial charge on any atom is 0.363 e. The van der Waals surface area contributed by atoms with Gasteiger partial charge in [0.1, 0.15) is 5.52 Å². The molecule has 1 heterocycles. The molecule has 0 aliphatic heterocycles. The molecule has 0 aliphatic rings. The molecule has 10 heteroatoms. The van der Waals surface area contributed by atoms with Crippen LogP contribution in [0.4, 0.5) is 5.69 Å². The minimum atomic E-state index is -0.925. The molecule has 0 aliphatic carbocycles. The van der Waals surface area contributed by atoms with Crippen LogP contribution in [-0.4, -0.2) is 20.1 Å². The molecule has 0 saturated carbocycles. The predicted octanol–water partition coefficient (Wildman–Crippen LogP) is 3.48. The number of nitro benzene ring substituents is 1. The largest absolute Gasteiger partial charge is 0.504 e. The first-order chi connectivity index (χ1) is 11.3. The van der Waals surface area contributed by atoms with Crippen molar-refractivity contribution in [3.8, 4) is 22.8 Å². The Bertz CT molecular complexity index is 1060. The number of fused-ring (bicyclic) bond motifs is 1. The molecule has 0 fully saturated rings. The quantitative estimate of drug-likeness (QED) is 0.402. The highest BCUT2D eigenvalue weighted by molar-refractivity contribution is 6.37. The number of nitro groups is 1. The number of aromatic nitrogens is 1. The maximum atomic E-state index is 12.1. The zero-order valence-electron chi connectivity index (χ0n) is 11.5. The molecule has 8 nitrogen and oxygen atoms in total. The van der Waals surface area contributed by atoms with E-state index in [1.165, 1.54) is 12.1 Å². The molecule has 1 aromatic heterocycles. The highest BCUT2D eigenvalue weighted by atomic mass is 35.5. The highest BCUT2D eigenvalue weighted by Crippen LogP contribution is 2.38. The van der Waals surface area contributed by atoms with Gasteiger partial charge in [-0.15, -0.1) is 0 Å². The first kappa shape index (κ1) is 16.0. The molecule has 0 amide bonds. The third-order valence-corrected chi connectivity index (χ3v) is 3.65. The molecular formula is C14H6Cl2N2O6. The summed E-state index contributed by atoms with van der Waals surface area (Å²) in [7, 11) is 0. The lowest BCUT2D eigenvalue weighted by molar-refractivity contribution is -0.385. The standard InChI is InChI=1S/C14H6Cl2N2O6/c15-6-3-7(16)13-8(4-6)17-11(14(21)24-13)5-1-9(18(22)23)12(20)10(19)2-5/h1-4,19-20H. The van der Waals surface area contributed by atoms with Crippen LogP contribution in [0, 0.1) is 10.1 Å². The summed E-state index contributed by atoms with van der Waals surface area (Å²) in [5.41, 5.74) is -1.96. The lowest BCUT2D eigenvalue weighted by Gasteiger charge is -2.05. The van der Waals surface area contributed by atoms with E-state index < -0.39 is 27.7 Å². The number of hydrogen-bond donors (Lipinski definition) is 2. The van der Waals surface area contributed by atoms with Gasteiger partial charge in [-0.1, -0.05) is 23.2 Å². The lowest BCUT2D eigenvalue weighted by atomic mass is 10.1. The average Bonchev–Trinajstić information content (AvgIpc) is 2.50. The van der Waals surface area contributed by atoms with Gasteiger partial charge in [0.05, 0.1) is 9.95 Å². The van der Waals surface area contributed by atoms with Crippen molar-refractivity contribution in [2.75, 3.05) is 0 Å². The Labute approximate surface area is 142 Å². The normalized spacial score (nSPS) is 10.9. The van der Waals surface area contributed by atoms with Crippen LogP contribution in [0.3, 0.4) is 0 Å². The second-order valence-corrected chi connectivity index (χ2v) is 5.55. The van der Waals surface area contributed by atoms with Crippen molar-refractivity contribution in [3.63, 3.8) is 0 Å². The second-order valence-electron chi connectivity index (χ2n) is 4.71. The van der Waals surface area contributed by atoms with Gasteiger partial charge >= 0.3 is 11.3 Å². The summed E-state index contributed by atoms with van der Waals surface area (Å²) in [6.45, 7) is 0. The van der Waals surface area contributed by atoms with Gasteiger partial charge in [0.2, 0.25) is 5.75 Å². The topological polar surface area (TPSA) is 127 Å². The van der Waals surface area contributed by atoms with Crippen molar-refractivity contribution in [1.29, 1.82) is 0 Å². The third kappa shape index (κ3) is 2.61. The molecule has 0 spiro atoms. The van der Waals surface area contributed by atoms with Crippen LogP contribution in [0.1, 0.15) is 0 Å². The van der Waals surface area contributed by atoms with Crippen LogP contribution in [0.5, 0.6) is 11.5 Å². The van der Waals surface area contributed by atoms with Crippen LogP contribution < -0.4 is 5.63 Å². The Morgan fingerprint density at radius 2 is 1.88 bits per heavy atom. The fourth-order valence-electron chi connectivity index (χ4n) is 2.10. The first-order valence-corrected chi connectivity index (χ1v) is 7.04. The summed E-state index contributed by atoms with van der Waals surface area (Å²) in [4.78, 5) is 26.2. The highest BCUT2D eigenvalue weighted by Gasteiger charge is 2.22. The summed E-state index contributed by atoms with van der Waals surface area (Å²) in [5.74, 6) is -1.69.